The first-order chi connectivity index (χ1) is 6.95. The average Bonchev–Trinajstić information content (AvgIpc) is 2.44. The highest BCUT2D eigenvalue weighted by molar-refractivity contribution is 5.81. The molecule has 3 nitrogen and oxygen atoms in total. The van der Waals surface area contributed by atoms with E-state index in [1.54, 1.807) is 0 Å². The van der Waals surface area contributed by atoms with Crippen molar-refractivity contribution in [1.29, 1.82) is 0 Å². The van der Waals surface area contributed by atoms with E-state index in [2.05, 4.69) is 10.6 Å². The van der Waals surface area contributed by atoms with E-state index in [1.165, 1.54) is 6.42 Å². The Morgan fingerprint density at radius 2 is 2.00 bits per heavy atom. The minimum Gasteiger partial charge on any atom is -0.353 e. The highest BCUT2D eigenvalue weighted by Gasteiger charge is 2.35. The van der Waals surface area contributed by atoms with Crippen molar-refractivity contribution in [3.8, 4) is 0 Å². The first-order valence-electron chi connectivity index (χ1n) is 5.99. The molecule has 86 valence electrons. The third-order valence-electron chi connectivity index (χ3n) is 3.52. The second kappa shape index (κ2) is 3.78. The number of hydrogen-bond acceptors (Lipinski definition) is 2. The molecule has 1 heterocycles. The minimum absolute atomic E-state index is 0.189. The molecule has 1 saturated heterocycles. The molecule has 2 bridgehead atoms. The zero-order chi connectivity index (χ0) is 11.1. The van der Waals surface area contributed by atoms with Crippen molar-refractivity contribution in [3.63, 3.8) is 0 Å². The van der Waals surface area contributed by atoms with Crippen LogP contribution in [0.3, 0.4) is 0 Å². The van der Waals surface area contributed by atoms with E-state index in [9.17, 15) is 4.79 Å². The molecule has 2 N–H and O–H groups in total. The first-order valence-corrected chi connectivity index (χ1v) is 5.99. The average molecular weight is 210 g/mol. The summed E-state index contributed by atoms with van der Waals surface area (Å²) in [6, 6.07) is 1.05. The number of rotatable bonds is 1. The molecule has 3 unspecified atom stereocenters. The lowest BCUT2D eigenvalue weighted by atomic mass is 9.85. The number of nitrogens with one attached hydrogen (secondary N) is 2. The van der Waals surface area contributed by atoms with Crippen molar-refractivity contribution < 1.29 is 4.79 Å². The Balaban J connectivity index is 1.88. The van der Waals surface area contributed by atoms with Gasteiger partial charge in [0.15, 0.2) is 0 Å². The van der Waals surface area contributed by atoms with Gasteiger partial charge in [-0.05, 0) is 31.7 Å². The predicted molar refractivity (Wildman–Crippen MR) is 60.5 cm³/mol. The maximum atomic E-state index is 11.8. The Morgan fingerprint density at radius 1 is 1.27 bits per heavy atom. The van der Waals surface area contributed by atoms with Gasteiger partial charge in [-0.15, -0.1) is 0 Å². The van der Waals surface area contributed by atoms with Gasteiger partial charge in [0, 0.05) is 17.5 Å². The molecule has 15 heavy (non-hydrogen) atoms. The summed E-state index contributed by atoms with van der Waals surface area (Å²) < 4.78 is 0. The van der Waals surface area contributed by atoms with Crippen LogP contribution in [0.5, 0.6) is 0 Å². The molecule has 1 saturated carbocycles. The maximum Gasteiger partial charge on any atom is 0.225 e. The standard InChI is InChI=1S/C12H22N2O/c1-12(2,3)11(15)14-10-5-8-4-9(6-10)13-7-8/h8-10,13H,4-7H2,1-3H3,(H,14,15). The summed E-state index contributed by atoms with van der Waals surface area (Å²) in [5.74, 6) is 0.975. The molecule has 3 atom stereocenters. The van der Waals surface area contributed by atoms with E-state index in [0.717, 1.165) is 25.3 Å². The molecule has 0 radical (unpaired) electrons. The van der Waals surface area contributed by atoms with Crippen molar-refractivity contribution in [2.45, 2.75) is 52.1 Å². The highest BCUT2D eigenvalue weighted by Crippen LogP contribution is 2.29. The fourth-order valence-electron chi connectivity index (χ4n) is 2.62. The Bertz CT molecular complexity index is 245. The molecule has 1 aliphatic heterocycles. The zero-order valence-corrected chi connectivity index (χ0v) is 9.97. The van der Waals surface area contributed by atoms with E-state index in [4.69, 9.17) is 0 Å². The van der Waals surface area contributed by atoms with E-state index in [-0.39, 0.29) is 11.3 Å². The van der Waals surface area contributed by atoms with Crippen LogP contribution in [0.1, 0.15) is 40.0 Å². The van der Waals surface area contributed by atoms with Gasteiger partial charge in [0.1, 0.15) is 0 Å². The molecule has 2 rings (SSSR count). The summed E-state index contributed by atoms with van der Waals surface area (Å²) in [5.41, 5.74) is -0.260. The molecule has 1 aliphatic carbocycles. The molecule has 3 heteroatoms. The lowest BCUT2D eigenvalue weighted by Crippen LogP contribution is -2.45. The fraction of sp³-hybridized carbons (Fsp3) is 0.917. The normalized spacial score (nSPS) is 35.3. The number of carbonyl (C=O) groups is 1. The van der Waals surface area contributed by atoms with Gasteiger partial charge in [0.25, 0.3) is 0 Å². The van der Waals surface area contributed by atoms with Crippen molar-refractivity contribution >= 4 is 5.91 Å². The Morgan fingerprint density at radius 3 is 2.60 bits per heavy atom. The van der Waals surface area contributed by atoms with Gasteiger partial charge in [-0.3, -0.25) is 4.79 Å². The number of fused-ring (bicyclic) bond motifs is 2. The third-order valence-corrected chi connectivity index (χ3v) is 3.52. The number of amides is 1. The van der Waals surface area contributed by atoms with Crippen LogP contribution >= 0.6 is 0 Å². The third kappa shape index (κ3) is 2.51. The zero-order valence-electron chi connectivity index (χ0n) is 9.97. The van der Waals surface area contributed by atoms with Crippen LogP contribution in [0, 0.1) is 11.3 Å². The maximum absolute atomic E-state index is 11.8. The quantitative estimate of drug-likeness (QED) is 0.684. The molecule has 0 aromatic carbocycles. The molecule has 2 aliphatic rings. The van der Waals surface area contributed by atoms with Crippen LogP contribution in [0.25, 0.3) is 0 Å². The van der Waals surface area contributed by atoms with Gasteiger partial charge in [0.05, 0.1) is 0 Å². The summed E-state index contributed by atoms with van der Waals surface area (Å²) in [6.07, 6.45) is 3.57. The van der Waals surface area contributed by atoms with Gasteiger partial charge in [0.2, 0.25) is 5.91 Å². The Kier molecular flexibility index (Phi) is 2.75. The molecule has 1 amide bonds. The first kappa shape index (κ1) is 10.9. The highest BCUT2D eigenvalue weighted by atomic mass is 16.2. The van der Waals surface area contributed by atoms with Gasteiger partial charge in [-0.25, -0.2) is 0 Å². The van der Waals surface area contributed by atoms with Crippen molar-refractivity contribution in [3.05, 3.63) is 0 Å². The van der Waals surface area contributed by atoms with Crippen LogP contribution in [-0.4, -0.2) is 24.5 Å². The van der Waals surface area contributed by atoms with Crippen molar-refractivity contribution in [1.82, 2.24) is 10.6 Å². The smallest absolute Gasteiger partial charge is 0.225 e. The SMILES string of the molecule is CC(C)(C)C(=O)NC1CC2CNC(C2)C1. The van der Waals surface area contributed by atoms with E-state index < -0.39 is 0 Å². The van der Waals surface area contributed by atoms with Gasteiger partial charge < -0.3 is 10.6 Å². The van der Waals surface area contributed by atoms with Crippen LogP contribution in [-0.2, 0) is 4.79 Å². The largest absolute Gasteiger partial charge is 0.353 e. The number of hydrogen-bond donors (Lipinski definition) is 2. The van der Waals surface area contributed by atoms with E-state index in [0.29, 0.717) is 12.1 Å². The molecule has 2 fully saturated rings. The van der Waals surface area contributed by atoms with Gasteiger partial charge in [-0.2, -0.15) is 0 Å². The second-order valence-electron chi connectivity index (χ2n) is 6.10. The van der Waals surface area contributed by atoms with Crippen LogP contribution < -0.4 is 10.6 Å². The van der Waals surface area contributed by atoms with Gasteiger partial charge in [-0.1, -0.05) is 20.8 Å². The Hall–Kier alpha value is -0.570. The van der Waals surface area contributed by atoms with E-state index in [1.807, 2.05) is 20.8 Å². The second-order valence-corrected chi connectivity index (χ2v) is 6.10. The molecular formula is C12H22N2O. The predicted octanol–water partition coefficient (Wildman–Crippen LogP) is 1.29. The lowest BCUT2D eigenvalue weighted by Gasteiger charge is -2.30. The lowest BCUT2D eigenvalue weighted by molar-refractivity contribution is -0.129. The van der Waals surface area contributed by atoms with Crippen LogP contribution in [0.15, 0.2) is 0 Å². The summed E-state index contributed by atoms with van der Waals surface area (Å²) in [4.78, 5) is 11.8. The Labute approximate surface area is 92.0 Å². The summed E-state index contributed by atoms with van der Waals surface area (Å²) in [7, 11) is 0. The summed E-state index contributed by atoms with van der Waals surface area (Å²) >= 11 is 0. The molecule has 0 spiro atoms. The van der Waals surface area contributed by atoms with E-state index >= 15 is 0 Å². The van der Waals surface area contributed by atoms with Crippen molar-refractivity contribution in [2.24, 2.45) is 11.3 Å². The monoisotopic (exact) mass is 210 g/mol. The molecule has 0 aromatic heterocycles. The van der Waals surface area contributed by atoms with Crippen LogP contribution in [0.4, 0.5) is 0 Å². The summed E-state index contributed by atoms with van der Waals surface area (Å²) in [6.45, 7) is 7.06. The molecular weight excluding hydrogens is 188 g/mol. The minimum atomic E-state index is -0.260. The topological polar surface area (TPSA) is 41.1 Å². The van der Waals surface area contributed by atoms with Crippen LogP contribution in [0.2, 0.25) is 0 Å². The fourth-order valence-corrected chi connectivity index (χ4v) is 2.62. The summed E-state index contributed by atoms with van der Waals surface area (Å²) in [5, 5.41) is 6.69. The van der Waals surface area contributed by atoms with Gasteiger partial charge >= 0.3 is 0 Å². The molecule has 0 aromatic rings. The number of carbonyl (C=O) groups excluding carboxylic acids is 1. The van der Waals surface area contributed by atoms with Crippen molar-refractivity contribution in [2.75, 3.05) is 6.54 Å².